The largest absolute Gasteiger partial charge is 0.493 e. The van der Waals surface area contributed by atoms with Crippen molar-refractivity contribution in [2.45, 2.75) is 51.5 Å². The Balaban J connectivity index is 1.38. The van der Waals surface area contributed by atoms with Gasteiger partial charge in [0.05, 0.1) is 30.6 Å². The van der Waals surface area contributed by atoms with Gasteiger partial charge < -0.3 is 14.8 Å². The van der Waals surface area contributed by atoms with Gasteiger partial charge in [0.1, 0.15) is 10.8 Å². The summed E-state index contributed by atoms with van der Waals surface area (Å²) < 4.78 is 11.6. The molecule has 2 atom stereocenters. The van der Waals surface area contributed by atoms with Gasteiger partial charge in [0.25, 0.3) is 5.91 Å². The van der Waals surface area contributed by atoms with Gasteiger partial charge >= 0.3 is 0 Å². The molecule has 178 valence electrons. The molecule has 1 aliphatic carbocycles. The van der Waals surface area contributed by atoms with Crippen molar-refractivity contribution in [2.75, 3.05) is 19.8 Å². The van der Waals surface area contributed by atoms with Crippen LogP contribution in [0.3, 0.4) is 0 Å². The van der Waals surface area contributed by atoms with Crippen molar-refractivity contribution >= 4 is 17.2 Å². The highest BCUT2D eigenvalue weighted by atomic mass is 32.1. The van der Waals surface area contributed by atoms with E-state index in [1.54, 1.807) is 11.3 Å². The zero-order valence-electron chi connectivity index (χ0n) is 19.6. The molecule has 34 heavy (non-hydrogen) atoms. The molecule has 1 aromatic carbocycles. The molecule has 1 saturated carbocycles. The third kappa shape index (κ3) is 5.28. The van der Waals surface area contributed by atoms with Crippen LogP contribution in [0.25, 0.3) is 10.6 Å². The number of aryl methyl sites for hydroxylation is 1. The summed E-state index contributed by atoms with van der Waals surface area (Å²) in [7, 11) is 0. The number of carbonyl (C=O) groups is 1. The Labute approximate surface area is 203 Å². The van der Waals surface area contributed by atoms with Gasteiger partial charge in [0.2, 0.25) is 0 Å². The second-order valence-corrected chi connectivity index (χ2v) is 10.3. The number of carbonyl (C=O) groups excluding carboxylic acids is 1. The van der Waals surface area contributed by atoms with Gasteiger partial charge in [-0.3, -0.25) is 4.79 Å². The van der Waals surface area contributed by atoms with E-state index in [9.17, 15) is 4.79 Å². The summed E-state index contributed by atoms with van der Waals surface area (Å²) in [4.78, 5) is 19.2. The highest BCUT2D eigenvalue weighted by Crippen LogP contribution is 2.41. The first kappa shape index (κ1) is 22.9. The summed E-state index contributed by atoms with van der Waals surface area (Å²) in [6.07, 6.45) is 6.76. The number of hydrogen-bond acceptors (Lipinski definition) is 7. The minimum atomic E-state index is -0.269. The normalized spacial score (nSPS) is 18.9. The van der Waals surface area contributed by atoms with Crippen LogP contribution in [0.4, 0.5) is 0 Å². The fourth-order valence-corrected chi connectivity index (χ4v) is 5.23. The van der Waals surface area contributed by atoms with E-state index < -0.39 is 0 Å². The number of hydrogen-bond donors (Lipinski definition) is 1. The van der Waals surface area contributed by atoms with Gasteiger partial charge in [-0.25, -0.2) is 4.98 Å². The molecule has 3 heterocycles. The van der Waals surface area contributed by atoms with Crippen molar-refractivity contribution in [1.29, 1.82) is 0 Å². The lowest BCUT2D eigenvalue weighted by Crippen LogP contribution is -2.27. The minimum absolute atomic E-state index is 0.179. The SMILES string of the molecule is Cc1ccc([C@@H](C)NC(=O)c2cc(OC[C@@H]3CCOC3)cc(-c3ncc(C4CCC4)s3)c2)nn1. The van der Waals surface area contributed by atoms with Crippen molar-refractivity contribution in [3.63, 3.8) is 0 Å². The molecule has 7 nitrogen and oxygen atoms in total. The number of benzene rings is 1. The predicted octanol–water partition coefficient (Wildman–Crippen LogP) is 5.08. The Bertz CT molecular complexity index is 1140. The molecule has 0 radical (unpaired) electrons. The van der Waals surface area contributed by atoms with E-state index in [-0.39, 0.29) is 11.9 Å². The molecular formula is C26H30N4O3S. The molecule has 1 saturated heterocycles. The van der Waals surface area contributed by atoms with E-state index in [0.717, 1.165) is 41.6 Å². The highest BCUT2D eigenvalue weighted by molar-refractivity contribution is 7.15. The molecule has 1 aliphatic heterocycles. The van der Waals surface area contributed by atoms with Crippen molar-refractivity contribution in [2.24, 2.45) is 5.92 Å². The molecule has 1 amide bonds. The van der Waals surface area contributed by atoms with Gasteiger partial charge in [-0.15, -0.1) is 11.3 Å². The second-order valence-electron chi connectivity index (χ2n) is 9.28. The van der Waals surface area contributed by atoms with Crippen LogP contribution in [-0.4, -0.2) is 40.9 Å². The molecule has 1 N–H and O–H groups in total. The quantitative estimate of drug-likeness (QED) is 0.486. The summed E-state index contributed by atoms with van der Waals surface area (Å²) in [5.74, 6) is 1.51. The Morgan fingerprint density at radius 2 is 2.12 bits per heavy atom. The summed E-state index contributed by atoms with van der Waals surface area (Å²) in [5.41, 5.74) is 3.01. The van der Waals surface area contributed by atoms with Crippen LogP contribution in [0.15, 0.2) is 36.5 Å². The number of amides is 1. The number of thiazole rings is 1. The van der Waals surface area contributed by atoms with Gasteiger partial charge in [0, 0.05) is 34.7 Å². The van der Waals surface area contributed by atoms with E-state index in [4.69, 9.17) is 9.47 Å². The smallest absolute Gasteiger partial charge is 0.251 e. The molecule has 2 aromatic heterocycles. The van der Waals surface area contributed by atoms with Crippen molar-refractivity contribution in [3.8, 4) is 16.3 Å². The van der Waals surface area contributed by atoms with E-state index in [2.05, 4.69) is 20.5 Å². The Kier molecular flexibility index (Phi) is 6.87. The van der Waals surface area contributed by atoms with Crippen LogP contribution in [0.5, 0.6) is 5.75 Å². The van der Waals surface area contributed by atoms with Crippen molar-refractivity contribution < 1.29 is 14.3 Å². The van der Waals surface area contributed by atoms with E-state index in [1.807, 2.05) is 50.4 Å². The second kappa shape index (κ2) is 10.2. The van der Waals surface area contributed by atoms with Gasteiger partial charge in [-0.2, -0.15) is 10.2 Å². The molecular weight excluding hydrogens is 448 g/mol. The average molecular weight is 479 g/mol. The zero-order chi connectivity index (χ0) is 23.5. The highest BCUT2D eigenvalue weighted by Gasteiger charge is 2.23. The summed E-state index contributed by atoms with van der Waals surface area (Å²) in [6, 6.07) is 9.21. The standard InChI is InChI=1S/C26H30N4O3S/c1-16-6-7-23(30-29-16)17(2)28-25(31)20-10-21(26-27-13-24(34-26)19-4-3-5-19)12-22(11-20)33-15-18-8-9-32-14-18/h6-7,10-13,17-19H,3-5,8-9,14-15H2,1-2H3,(H,28,31)/t17-,18-/m1/s1. The van der Waals surface area contributed by atoms with Crippen LogP contribution in [-0.2, 0) is 4.74 Å². The third-order valence-electron chi connectivity index (χ3n) is 6.57. The molecule has 0 bridgehead atoms. The number of ether oxygens (including phenoxy) is 2. The first-order valence-electron chi connectivity index (χ1n) is 12.0. The van der Waals surface area contributed by atoms with Gasteiger partial charge in [0.15, 0.2) is 0 Å². The summed E-state index contributed by atoms with van der Waals surface area (Å²) >= 11 is 1.72. The van der Waals surface area contributed by atoms with E-state index >= 15 is 0 Å². The Hall–Kier alpha value is -2.84. The van der Waals surface area contributed by atoms with Gasteiger partial charge in [-0.05, 0) is 69.4 Å². The summed E-state index contributed by atoms with van der Waals surface area (Å²) in [6.45, 7) is 5.87. The van der Waals surface area contributed by atoms with Crippen LogP contribution < -0.4 is 10.1 Å². The number of nitrogens with one attached hydrogen (secondary N) is 1. The molecule has 2 fully saturated rings. The molecule has 0 spiro atoms. The third-order valence-corrected chi connectivity index (χ3v) is 7.78. The van der Waals surface area contributed by atoms with E-state index in [1.165, 1.54) is 24.1 Å². The van der Waals surface area contributed by atoms with Gasteiger partial charge in [-0.1, -0.05) is 6.42 Å². The molecule has 8 heteroatoms. The lowest BCUT2D eigenvalue weighted by atomic mass is 9.85. The maximum Gasteiger partial charge on any atom is 0.251 e. The molecule has 3 aromatic rings. The van der Waals surface area contributed by atoms with Crippen molar-refractivity contribution in [3.05, 3.63) is 58.4 Å². The number of nitrogens with zero attached hydrogens (tertiary/aromatic N) is 3. The fraction of sp³-hybridized carbons (Fsp3) is 0.462. The molecule has 0 unspecified atom stereocenters. The predicted molar refractivity (Wildman–Crippen MR) is 131 cm³/mol. The lowest BCUT2D eigenvalue weighted by molar-refractivity contribution is 0.0938. The monoisotopic (exact) mass is 478 g/mol. The van der Waals surface area contributed by atoms with Crippen LogP contribution in [0.2, 0.25) is 0 Å². The molecule has 2 aliphatic rings. The van der Waals surface area contributed by atoms with Crippen molar-refractivity contribution in [1.82, 2.24) is 20.5 Å². The maximum atomic E-state index is 13.2. The van der Waals surface area contributed by atoms with Crippen LogP contribution >= 0.6 is 11.3 Å². The summed E-state index contributed by atoms with van der Waals surface area (Å²) in [5, 5.41) is 12.3. The average Bonchev–Trinajstić information content (AvgIpc) is 3.49. The van der Waals surface area contributed by atoms with Crippen LogP contribution in [0.1, 0.15) is 71.2 Å². The van der Waals surface area contributed by atoms with E-state index in [0.29, 0.717) is 29.8 Å². The minimum Gasteiger partial charge on any atom is -0.493 e. The lowest BCUT2D eigenvalue weighted by Gasteiger charge is -2.23. The Morgan fingerprint density at radius 3 is 2.82 bits per heavy atom. The molecule has 5 rings (SSSR count). The Morgan fingerprint density at radius 1 is 1.24 bits per heavy atom. The fourth-order valence-electron chi connectivity index (χ4n) is 4.16. The number of aromatic nitrogens is 3. The number of rotatable bonds is 8. The topological polar surface area (TPSA) is 86.2 Å². The zero-order valence-corrected chi connectivity index (χ0v) is 20.4. The van der Waals surface area contributed by atoms with Crippen LogP contribution in [0, 0.1) is 12.8 Å². The maximum absolute atomic E-state index is 13.2. The first-order valence-corrected chi connectivity index (χ1v) is 12.8. The first-order chi connectivity index (χ1) is 16.5.